The number of nitrogens with one attached hydrogen (secondary N) is 2. The number of halogens is 1. The Morgan fingerprint density at radius 1 is 0.870 bits per heavy atom. The molecule has 0 atom stereocenters. The van der Waals surface area contributed by atoms with E-state index in [2.05, 4.69) is 26.7 Å². The summed E-state index contributed by atoms with van der Waals surface area (Å²) in [6.07, 6.45) is 1.40. The Labute approximate surface area is 132 Å². The molecule has 5 nitrogen and oxygen atoms in total. The minimum Gasteiger partial charge on any atom is -0.340 e. The second-order valence-electron chi connectivity index (χ2n) is 4.74. The predicted molar refractivity (Wildman–Crippen MR) is 86.2 cm³/mol. The number of anilines is 4. The number of hydrogen-bond acceptors (Lipinski definition) is 5. The van der Waals surface area contributed by atoms with Crippen LogP contribution in [0, 0.1) is 17.1 Å². The quantitative estimate of drug-likeness (QED) is 0.763. The van der Waals surface area contributed by atoms with Crippen LogP contribution in [0.15, 0.2) is 60.9 Å². The monoisotopic (exact) mass is 305 g/mol. The minimum absolute atomic E-state index is 0.323. The van der Waals surface area contributed by atoms with E-state index < -0.39 is 0 Å². The van der Waals surface area contributed by atoms with Crippen LogP contribution in [0.3, 0.4) is 0 Å². The van der Waals surface area contributed by atoms with Crippen molar-refractivity contribution >= 4 is 23.0 Å². The second-order valence-corrected chi connectivity index (χ2v) is 4.74. The first-order valence-electron chi connectivity index (χ1n) is 6.85. The van der Waals surface area contributed by atoms with Gasteiger partial charge in [0.05, 0.1) is 11.6 Å². The molecule has 0 unspecified atom stereocenters. The molecular weight excluding hydrogens is 293 g/mol. The molecule has 0 aliphatic rings. The molecule has 2 aromatic carbocycles. The smallest absolute Gasteiger partial charge is 0.135 e. The van der Waals surface area contributed by atoms with Crippen LogP contribution in [0.1, 0.15) is 5.56 Å². The third-order valence-corrected chi connectivity index (χ3v) is 3.03. The summed E-state index contributed by atoms with van der Waals surface area (Å²) >= 11 is 0. The molecule has 3 rings (SSSR count). The molecule has 0 aliphatic heterocycles. The van der Waals surface area contributed by atoms with E-state index in [4.69, 9.17) is 5.26 Å². The summed E-state index contributed by atoms with van der Waals surface area (Å²) in [5.74, 6) is 0.772. The Balaban J connectivity index is 1.78. The summed E-state index contributed by atoms with van der Waals surface area (Å²) in [5.41, 5.74) is 1.91. The van der Waals surface area contributed by atoms with E-state index in [1.54, 1.807) is 36.4 Å². The molecule has 1 aromatic heterocycles. The van der Waals surface area contributed by atoms with Crippen molar-refractivity contribution in [1.82, 2.24) is 9.97 Å². The molecule has 0 saturated heterocycles. The molecule has 112 valence electrons. The fraction of sp³-hybridized carbons (Fsp3) is 0. The van der Waals surface area contributed by atoms with E-state index in [1.807, 2.05) is 6.07 Å². The van der Waals surface area contributed by atoms with Crippen molar-refractivity contribution in [2.24, 2.45) is 0 Å². The molecule has 6 heteroatoms. The molecular formula is C17H12FN5. The fourth-order valence-corrected chi connectivity index (χ4v) is 2.02. The molecule has 1 heterocycles. The highest BCUT2D eigenvalue weighted by Gasteiger charge is 2.02. The van der Waals surface area contributed by atoms with Gasteiger partial charge >= 0.3 is 0 Å². The number of aromatic nitrogens is 2. The lowest BCUT2D eigenvalue weighted by atomic mass is 10.2. The van der Waals surface area contributed by atoms with Crippen molar-refractivity contribution in [1.29, 1.82) is 5.26 Å². The zero-order chi connectivity index (χ0) is 16.1. The van der Waals surface area contributed by atoms with Crippen molar-refractivity contribution in [3.05, 3.63) is 72.3 Å². The first-order valence-corrected chi connectivity index (χ1v) is 6.85. The van der Waals surface area contributed by atoms with E-state index >= 15 is 0 Å². The maximum atomic E-state index is 13.2. The summed E-state index contributed by atoms with van der Waals surface area (Å²) < 4.78 is 13.2. The van der Waals surface area contributed by atoms with Crippen molar-refractivity contribution in [2.45, 2.75) is 0 Å². The van der Waals surface area contributed by atoms with E-state index in [9.17, 15) is 4.39 Å². The lowest BCUT2D eigenvalue weighted by Gasteiger charge is -2.09. The molecule has 0 spiro atoms. The SMILES string of the molecule is N#Cc1cccc(Nc2cc(Nc3cccc(F)c3)ncn2)c1. The average Bonchev–Trinajstić information content (AvgIpc) is 2.55. The van der Waals surface area contributed by atoms with E-state index in [0.717, 1.165) is 5.69 Å². The summed E-state index contributed by atoms with van der Waals surface area (Å²) in [6, 6.07) is 17.0. The molecule has 0 amide bonds. The zero-order valence-corrected chi connectivity index (χ0v) is 12.0. The van der Waals surface area contributed by atoms with Gasteiger partial charge in [-0.05, 0) is 36.4 Å². The maximum absolute atomic E-state index is 13.2. The first kappa shape index (κ1) is 14.5. The normalized spacial score (nSPS) is 9.91. The fourth-order valence-electron chi connectivity index (χ4n) is 2.02. The molecule has 0 fully saturated rings. The topological polar surface area (TPSA) is 73.6 Å². The van der Waals surface area contributed by atoms with Gasteiger partial charge < -0.3 is 10.6 Å². The van der Waals surface area contributed by atoms with Crippen LogP contribution in [0.2, 0.25) is 0 Å². The Hall–Kier alpha value is -3.46. The van der Waals surface area contributed by atoms with Gasteiger partial charge in [0.15, 0.2) is 0 Å². The van der Waals surface area contributed by atoms with Crippen LogP contribution in [0.4, 0.5) is 27.4 Å². The lowest BCUT2D eigenvalue weighted by Crippen LogP contribution is -1.98. The molecule has 0 saturated carbocycles. The Morgan fingerprint density at radius 3 is 2.17 bits per heavy atom. The standard InChI is InChI=1S/C17H12FN5/c18-13-4-2-6-15(8-13)23-17-9-16(20-11-21-17)22-14-5-1-3-12(7-14)10-19/h1-9,11H,(H2,20,21,22,23). The number of nitriles is 1. The van der Waals surface area contributed by atoms with Crippen LogP contribution < -0.4 is 10.6 Å². The van der Waals surface area contributed by atoms with Gasteiger partial charge in [-0.25, -0.2) is 14.4 Å². The van der Waals surface area contributed by atoms with Crippen LogP contribution in [-0.2, 0) is 0 Å². The zero-order valence-electron chi connectivity index (χ0n) is 12.0. The van der Waals surface area contributed by atoms with Gasteiger partial charge in [-0.3, -0.25) is 0 Å². The van der Waals surface area contributed by atoms with Gasteiger partial charge in [-0.2, -0.15) is 5.26 Å². The van der Waals surface area contributed by atoms with Gasteiger partial charge in [0, 0.05) is 17.4 Å². The highest BCUT2D eigenvalue weighted by atomic mass is 19.1. The van der Waals surface area contributed by atoms with Crippen LogP contribution in [0.5, 0.6) is 0 Å². The van der Waals surface area contributed by atoms with E-state index in [0.29, 0.717) is 22.9 Å². The van der Waals surface area contributed by atoms with E-state index in [-0.39, 0.29) is 5.82 Å². The number of hydrogen-bond donors (Lipinski definition) is 2. The van der Waals surface area contributed by atoms with Crippen LogP contribution in [-0.4, -0.2) is 9.97 Å². The van der Waals surface area contributed by atoms with Gasteiger partial charge in [0.2, 0.25) is 0 Å². The molecule has 0 radical (unpaired) electrons. The third kappa shape index (κ3) is 3.80. The molecule has 23 heavy (non-hydrogen) atoms. The molecule has 3 aromatic rings. The third-order valence-electron chi connectivity index (χ3n) is 3.03. The van der Waals surface area contributed by atoms with Crippen molar-refractivity contribution in [3.63, 3.8) is 0 Å². The summed E-state index contributed by atoms with van der Waals surface area (Å²) in [6.45, 7) is 0. The first-order chi connectivity index (χ1) is 11.2. The summed E-state index contributed by atoms with van der Waals surface area (Å²) in [5, 5.41) is 15.0. The van der Waals surface area contributed by atoms with Crippen molar-refractivity contribution < 1.29 is 4.39 Å². The van der Waals surface area contributed by atoms with Gasteiger partial charge in [0.1, 0.15) is 23.8 Å². The number of benzene rings is 2. The van der Waals surface area contributed by atoms with Crippen LogP contribution >= 0.6 is 0 Å². The Bertz CT molecular complexity index is 873. The lowest BCUT2D eigenvalue weighted by molar-refractivity contribution is 0.628. The number of nitrogens with zero attached hydrogens (tertiary/aromatic N) is 3. The Morgan fingerprint density at radius 2 is 1.52 bits per heavy atom. The highest BCUT2D eigenvalue weighted by molar-refractivity contribution is 5.63. The Kier molecular flexibility index (Phi) is 4.11. The van der Waals surface area contributed by atoms with Gasteiger partial charge in [0.25, 0.3) is 0 Å². The summed E-state index contributed by atoms with van der Waals surface area (Å²) in [4.78, 5) is 8.23. The summed E-state index contributed by atoms with van der Waals surface area (Å²) in [7, 11) is 0. The second kappa shape index (κ2) is 6.54. The predicted octanol–water partition coefficient (Wildman–Crippen LogP) is 3.97. The largest absolute Gasteiger partial charge is 0.340 e. The molecule has 2 N–H and O–H groups in total. The van der Waals surface area contributed by atoms with Crippen LogP contribution in [0.25, 0.3) is 0 Å². The molecule has 0 bridgehead atoms. The van der Waals surface area contributed by atoms with Gasteiger partial charge in [-0.15, -0.1) is 0 Å². The molecule has 0 aliphatic carbocycles. The van der Waals surface area contributed by atoms with Gasteiger partial charge in [-0.1, -0.05) is 12.1 Å². The van der Waals surface area contributed by atoms with Crippen molar-refractivity contribution in [2.75, 3.05) is 10.6 Å². The highest BCUT2D eigenvalue weighted by Crippen LogP contribution is 2.20. The van der Waals surface area contributed by atoms with Crippen molar-refractivity contribution in [3.8, 4) is 6.07 Å². The maximum Gasteiger partial charge on any atom is 0.135 e. The minimum atomic E-state index is -0.323. The average molecular weight is 305 g/mol. The number of rotatable bonds is 4. The van der Waals surface area contributed by atoms with E-state index in [1.165, 1.54) is 18.5 Å².